The van der Waals surface area contributed by atoms with Gasteiger partial charge in [-0.3, -0.25) is 0 Å². The van der Waals surface area contributed by atoms with Gasteiger partial charge >= 0.3 is 5.97 Å². The number of hydrogen-bond acceptors (Lipinski definition) is 3. The van der Waals surface area contributed by atoms with Crippen LogP contribution in [0.3, 0.4) is 0 Å². The van der Waals surface area contributed by atoms with Gasteiger partial charge in [-0.2, -0.15) is 0 Å². The maximum atomic E-state index is 12.0. The number of anilines is 1. The van der Waals surface area contributed by atoms with Gasteiger partial charge in [-0.05, 0) is 79.8 Å². The van der Waals surface area contributed by atoms with Gasteiger partial charge in [0.2, 0.25) is 0 Å². The Morgan fingerprint density at radius 2 is 1.77 bits per heavy atom. The standard InChI is InChI=1S/C34H45N3O2/c1-3-24-12-14-29-30(21-24)36(18-17-35-16-8-9-25(4-2)23-35)19-20-37-31-22-27(34(38)39)13-15-28(31)32(33(29)37)26-10-6-5-7-11-26/h12-15,21-22,25-26H,3-11,16-20,23H2,1-2H3,(H,38,39). The fourth-order valence-corrected chi connectivity index (χ4v) is 7.62. The predicted molar refractivity (Wildman–Crippen MR) is 161 cm³/mol. The minimum atomic E-state index is -0.846. The van der Waals surface area contributed by atoms with E-state index >= 15 is 0 Å². The molecule has 2 fully saturated rings. The second kappa shape index (κ2) is 11.4. The Bertz CT molecular complexity index is 1340. The van der Waals surface area contributed by atoms with Gasteiger partial charge < -0.3 is 19.5 Å². The molecule has 0 spiro atoms. The summed E-state index contributed by atoms with van der Waals surface area (Å²) in [6.07, 6.45) is 11.4. The van der Waals surface area contributed by atoms with Gasteiger partial charge in [0.15, 0.2) is 0 Å². The summed E-state index contributed by atoms with van der Waals surface area (Å²) in [7, 11) is 0. The number of aromatic nitrogens is 1. The first-order chi connectivity index (χ1) is 19.1. The predicted octanol–water partition coefficient (Wildman–Crippen LogP) is 7.56. The van der Waals surface area contributed by atoms with Gasteiger partial charge in [-0.25, -0.2) is 4.79 Å². The normalized spacial score (nSPS) is 20.6. The molecule has 1 saturated heterocycles. The van der Waals surface area contributed by atoms with Crippen LogP contribution < -0.4 is 4.90 Å². The fourth-order valence-electron chi connectivity index (χ4n) is 7.62. The number of fused-ring (bicyclic) bond motifs is 5. The number of carboxylic acid groups (broad SMARTS) is 1. The van der Waals surface area contributed by atoms with Crippen molar-refractivity contribution in [1.82, 2.24) is 9.47 Å². The van der Waals surface area contributed by atoms with Crippen molar-refractivity contribution in [2.24, 2.45) is 5.92 Å². The molecular formula is C34H45N3O2. The number of likely N-dealkylation sites (tertiary alicyclic amines) is 1. The molecule has 3 aromatic rings. The molecule has 1 saturated carbocycles. The van der Waals surface area contributed by atoms with Crippen LogP contribution in [0.15, 0.2) is 36.4 Å². The van der Waals surface area contributed by atoms with Gasteiger partial charge in [0.05, 0.1) is 11.3 Å². The lowest BCUT2D eigenvalue weighted by Gasteiger charge is -2.34. The Balaban J connectivity index is 1.45. The zero-order chi connectivity index (χ0) is 26.9. The number of aryl methyl sites for hydroxylation is 1. The van der Waals surface area contributed by atoms with Crippen LogP contribution in [0.2, 0.25) is 0 Å². The van der Waals surface area contributed by atoms with E-state index in [0.29, 0.717) is 11.5 Å². The van der Waals surface area contributed by atoms with Crippen molar-refractivity contribution in [2.75, 3.05) is 37.6 Å². The molecule has 6 rings (SSSR count). The van der Waals surface area contributed by atoms with Crippen molar-refractivity contribution < 1.29 is 9.90 Å². The number of nitrogens with zero attached hydrogens (tertiary/aromatic N) is 3. The molecule has 1 atom stereocenters. The van der Waals surface area contributed by atoms with Crippen LogP contribution in [0.25, 0.3) is 22.2 Å². The minimum Gasteiger partial charge on any atom is -0.478 e. The summed E-state index contributed by atoms with van der Waals surface area (Å²) < 4.78 is 2.48. The van der Waals surface area contributed by atoms with E-state index in [4.69, 9.17) is 0 Å². The SMILES string of the molecule is CCc1ccc2c(c1)N(CCN1CCCC(CC)C1)CCn1c-2c(C2CCCCC2)c2ccc(C(=O)O)cc21. The fraction of sp³-hybridized carbons (Fsp3) is 0.559. The second-order valence-corrected chi connectivity index (χ2v) is 12.2. The highest BCUT2D eigenvalue weighted by Crippen LogP contribution is 2.47. The van der Waals surface area contributed by atoms with Crippen LogP contribution >= 0.6 is 0 Å². The lowest BCUT2D eigenvalue weighted by atomic mass is 9.81. The summed E-state index contributed by atoms with van der Waals surface area (Å²) in [5.41, 5.74) is 8.40. The van der Waals surface area contributed by atoms with E-state index in [1.54, 1.807) is 0 Å². The molecule has 1 N–H and O–H groups in total. The number of carboxylic acids is 1. The third-order valence-corrected chi connectivity index (χ3v) is 9.89. The summed E-state index contributed by atoms with van der Waals surface area (Å²) in [5, 5.41) is 11.1. The summed E-state index contributed by atoms with van der Waals surface area (Å²) in [6, 6.07) is 13.0. The molecule has 208 valence electrons. The van der Waals surface area contributed by atoms with Gasteiger partial charge in [0.1, 0.15) is 0 Å². The largest absolute Gasteiger partial charge is 0.478 e. The maximum absolute atomic E-state index is 12.0. The number of hydrogen-bond donors (Lipinski definition) is 1. The van der Waals surface area contributed by atoms with Crippen molar-refractivity contribution in [3.05, 3.63) is 53.1 Å². The second-order valence-electron chi connectivity index (χ2n) is 12.2. The molecular weight excluding hydrogens is 482 g/mol. The van der Waals surface area contributed by atoms with Crippen LogP contribution in [0.5, 0.6) is 0 Å². The Labute approximate surface area is 233 Å². The molecule has 5 nitrogen and oxygen atoms in total. The molecule has 1 aromatic heterocycles. The van der Waals surface area contributed by atoms with Crippen molar-refractivity contribution in [2.45, 2.75) is 84.1 Å². The third-order valence-electron chi connectivity index (χ3n) is 9.89. The molecule has 3 heterocycles. The smallest absolute Gasteiger partial charge is 0.335 e. The summed E-state index contributed by atoms with van der Waals surface area (Å²) in [4.78, 5) is 17.3. The quantitative estimate of drug-likeness (QED) is 0.344. The van der Waals surface area contributed by atoms with Crippen molar-refractivity contribution in [3.63, 3.8) is 0 Å². The molecule has 0 amide bonds. The van der Waals surface area contributed by atoms with Gasteiger partial charge in [0.25, 0.3) is 0 Å². The highest BCUT2D eigenvalue weighted by Gasteiger charge is 2.31. The topological polar surface area (TPSA) is 48.7 Å². The Morgan fingerprint density at radius 3 is 2.54 bits per heavy atom. The van der Waals surface area contributed by atoms with Gasteiger partial charge in [-0.1, -0.05) is 57.7 Å². The van der Waals surface area contributed by atoms with Crippen LogP contribution in [0.1, 0.15) is 92.6 Å². The van der Waals surface area contributed by atoms with Crippen molar-refractivity contribution in [3.8, 4) is 11.3 Å². The van der Waals surface area contributed by atoms with Crippen molar-refractivity contribution >= 4 is 22.6 Å². The number of aromatic carboxylic acids is 1. The molecule has 3 aliphatic rings. The molecule has 5 heteroatoms. The first-order valence-electron chi connectivity index (χ1n) is 15.6. The van der Waals surface area contributed by atoms with E-state index in [1.807, 2.05) is 12.1 Å². The molecule has 0 radical (unpaired) electrons. The average molecular weight is 528 g/mol. The number of benzene rings is 2. The Kier molecular flexibility index (Phi) is 7.70. The minimum absolute atomic E-state index is 0.385. The van der Waals surface area contributed by atoms with Crippen molar-refractivity contribution in [1.29, 1.82) is 0 Å². The van der Waals surface area contributed by atoms with Crippen LogP contribution in [-0.2, 0) is 13.0 Å². The first-order valence-corrected chi connectivity index (χ1v) is 15.6. The highest BCUT2D eigenvalue weighted by atomic mass is 16.4. The van der Waals surface area contributed by atoms with Gasteiger partial charge in [-0.15, -0.1) is 0 Å². The summed E-state index contributed by atoms with van der Waals surface area (Å²) in [5.74, 6) is 0.537. The lowest BCUT2D eigenvalue weighted by molar-refractivity contribution is 0.0697. The number of piperidine rings is 1. The maximum Gasteiger partial charge on any atom is 0.335 e. The Morgan fingerprint density at radius 1 is 0.923 bits per heavy atom. The number of carbonyl (C=O) groups is 1. The third kappa shape index (κ3) is 5.11. The van der Waals surface area contributed by atoms with E-state index in [9.17, 15) is 9.90 Å². The highest BCUT2D eigenvalue weighted by molar-refractivity contribution is 5.99. The van der Waals surface area contributed by atoms with Crippen LogP contribution in [-0.4, -0.2) is 53.3 Å². The average Bonchev–Trinajstić information content (AvgIpc) is 3.21. The van der Waals surface area contributed by atoms with E-state index < -0.39 is 5.97 Å². The summed E-state index contributed by atoms with van der Waals surface area (Å²) in [6.45, 7) is 11.0. The first kappa shape index (κ1) is 26.4. The Hall–Kier alpha value is -2.79. The van der Waals surface area contributed by atoms with Crippen LogP contribution in [0, 0.1) is 5.92 Å². The van der Waals surface area contributed by atoms with E-state index in [-0.39, 0.29) is 0 Å². The lowest BCUT2D eigenvalue weighted by Crippen LogP contribution is -2.41. The van der Waals surface area contributed by atoms with Crippen LogP contribution in [0.4, 0.5) is 5.69 Å². The van der Waals surface area contributed by atoms with Gasteiger partial charge in [0, 0.05) is 54.9 Å². The molecule has 2 aromatic carbocycles. The molecule has 1 aliphatic carbocycles. The van der Waals surface area contributed by atoms with E-state index in [1.165, 1.54) is 97.9 Å². The molecule has 39 heavy (non-hydrogen) atoms. The monoisotopic (exact) mass is 527 g/mol. The molecule has 1 unspecified atom stereocenters. The zero-order valence-corrected chi connectivity index (χ0v) is 23.9. The number of rotatable bonds is 7. The van der Waals surface area contributed by atoms with E-state index in [0.717, 1.165) is 44.0 Å². The zero-order valence-electron chi connectivity index (χ0n) is 23.9. The van der Waals surface area contributed by atoms with E-state index in [2.05, 4.69) is 52.5 Å². The summed E-state index contributed by atoms with van der Waals surface area (Å²) >= 11 is 0. The molecule has 2 aliphatic heterocycles. The molecule has 0 bridgehead atoms.